The summed E-state index contributed by atoms with van der Waals surface area (Å²) in [5, 5.41) is 11.3. The number of ether oxygens (including phenoxy) is 3. The number of amides is 1. The fraction of sp³-hybridized carbons (Fsp3) is 0.218. The van der Waals surface area contributed by atoms with Crippen molar-refractivity contribution < 1.29 is 37.6 Å². The van der Waals surface area contributed by atoms with Gasteiger partial charge in [0.25, 0.3) is 11.8 Å². The Bertz CT molecular complexity index is 2940. The lowest BCUT2D eigenvalue weighted by atomic mass is 10.0. The summed E-state index contributed by atoms with van der Waals surface area (Å²) in [6.45, 7) is 10.2. The van der Waals surface area contributed by atoms with Gasteiger partial charge in [-0.2, -0.15) is 9.97 Å². The van der Waals surface area contributed by atoms with Crippen molar-refractivity contribution in [3.05, 3.63) is 168 Å². The maximum atomic E-state index is 12.6. The van der Waals surface area contributed by atoms with Crippen LogP contribution < -0.4 is 5.32 Å². The summed E-state index contributed by atoms with van der Waals surface area (Å²) in [5.74, 6) is 1.07. The number of aromatic nitrogens is 4. The van der Waals surface area contributed by atoms with Crippen LogP contribution in [-0.4, -0.2) is 76.1 Å². The molecule has 69 heavy (non-hydrogen) atoms. The van der Waals surface area contributed by atoms with E-state index in [1.807, 2.05) is 84.9 Å². The largest absolute Gasteiger partial charge is 0.468 e. The maximum Gasteiger partial charge on any atom is 0.411 e. The molecule has 0 radical (unpaired) electrons. The molecule has 14 heteroatoms. The summed E-state index contributed by atoms with van der Waals surface area (Å²) < 4.78 is 25.8. The SMILES string of the molecule is COC(=O)CN(Cc1ccc(-c2noc(-c3ccc(-c4ccc(C)cc4)cc3)n2)cc1)C(=O)OC(C)(C)C.COC(=O)CNCc1ccc(-c2noc(-c3ccc(-c4ccc(C)cc4)cc3)n2)cc1. The van der Waals surface area contributed by atoms with Gasteiger partial charge in [-0.05, 0) is 92.3 Å². The van der Waals surface area contributed by atoms with Gasteiger partial charge in [-0.25, -0.2) is 4.79 Å². The predicted molar refractivity (Wildman–Crippen MR) is 263 cm³/mol. The Kier molecular flexibility index (Phi) is 15.9. The van der Waals surface area contributed by atoms with Crippen LogP contribution in [0.15, 0.2) is 155 Å². The van der Waals surface area contributed by atoms with Gasteiger partial charge in [-0.1, -0.05) is 143 Å². The molecule has 0 saturated heterocycles. The number of nitrogens with one attached hydrogen (secondary N) is 1. The van der Waals surface area contributed by atoms with E-state index in [1.165, 1.54) is 35.8 Å². The third kappa shape index (κ3) is 13.7. The molecule has 0 aliphatic heterocycles. The van der Waals surface area contributed by atoms with Crippen LogP contribution in [0.4, 0.5) is 4.79 Å². The minimum absolute atomic E-state index is 0.176. The highest BCUT2D eigenvalue weighted by atomic mass is 16.6. The van der Waals surface area contributed by atoms with E-state index in [1.54, 1.807) is 20.8 Å². The number of aryl methyl sites for hydroxylation is 2. The lowest BCUT2D eigenvalue weighted by molar-refractivity contribution is -0.142. The zero-order valence-electron chi connectivity index (χ0n) is 39.7. The van der Waals surface area contributed by atoms with Gasteiger partial charge in [0.05, 0.1) is 20.8 Å². The van der Waals surface area contributed by atoms with Gasteiger partial charge in [-0.3, -0.25) is 14.5 Å². The molecule has 0 unspecified atom stereocenters. The summed E-state index contributed by atoms with van der Waals surface area (Å²) in [6.07, 6.45) is -0.594. The van der Waals surface area contributed by atoms with Gasteiger partial charge in [0, 0.05) is 35.3 Å². The van der Waals surface area contributed by atoms with E-state index in [4.69, 9.17) is 18.5 Å². The number of carbonyl (C=O) groups excluding carboxylic acids is 3. The highest BCUT2D eigenvalue weighted by Gasteiger charge is 2.25. The van der Waals surface area contributed by atoms with Crippen LogP contribution in [0.3, 0.4) is 0 Å². The first kappa shape index (κ1) is 48.7. The van der Waals surface area contributed by atoms with E-state index in [0.29, 0.717) is 30.0 Å². The number of nitrogens with zero attached hydrogens (tertiary/aromatic N) is 5. The molecule has 14 nitrogen and oxygen atoms in total. The number of methoxy groups -OCH3 is 2. The second kappa shape index (κ2) is 22.5. The molecule has 0 aliphatic rings. The fourth-order valence-electron chi connectivity index (χ4n) is 6.88. The molecule has 8 aromatic rings. The lowest BCUT2D eigenvalue weighted by Crippen LogP contribution is -2.39. The summed E-state index contributed by atoms with van der Waals surface area (Å²) >= 11 is 0. The smallest absolute Gasteiger partial charge is 0.411 e. The topological polar surface area (TPSA) is 172 Å². The van der Waals surface area contributed by atoms with Gasteiger partial charge < -0.3 is 28.6 Å². The molecule has 6 aromatic carbocycles. The number of esters is 2. The van der Waals surface area contributed by atoms with Crippen molar-refractivity contribution in [3.63, 3.8) is 0 Å². The Morgan fingerprint density at radius 1 is 0.522 bits per heavy atom. The second-order valence-corrected chi connectivity index (χ2v) is 17.2. The number of hydrogen-bond donors (Lipinski definition) is 1. The molecular weight excluding hydrogens is 873 g/mol. The van der Waals surface area contributed by atoms with E-state index < -0.39 is 17.7 Å². The summed E-state index contributed by atoms with van der Waals surface area (Å²) in [6, 6.07) is 48.1. The molecule has 0 bridgehead atoms. The average Bonchev–Trinajstić information content (AvgIpc) is 4.07. The molecule has 1 amide bonds. The maximum absolute atomic E-state index is 12.6. The normalized spacial score (nSPS) is 11.0. The van der Waals surface area contributed by atoms with Crippen molar-refractivity contribution >= 4 is 18.0 Å². The summed E-state index contributed by atoms with van der Waals surface area (Å²) in [4.78, 5) is 46.0. The quantitative estimate of drug-likeness (QED) is 0.0807. The van der Waals surface area contributed by atoms with Crippen LogP contribution in [0.2, 0.25) is 0 Å². The van der Waals surface area contributed by atoms with Crippen LogP contribution in [0.5, 0.6) is 0 Å². The van der Waals surface area contributed by atoms with Crippen molar-refractivity contribution in [1.82, 2.24) is 30.5 Å². The zero-order chi connectivity index (χ0) is 48.9. The number of rotatable bonds is 14. The Morgan fingerprint density at radius 3 is 1.30 bits per heavy atom. The van der Waals surface area contributed by atoms with Crippen LogP contribution in [0.1, 0.15) is 43.0 Å². The number of benzene rings is 6. The van der Waals surface area contributed by atoms with Gasteiger partial charge in [0.15, 0.2) is 0 Å². The Labute approximate surface area is 401 Å². The van der Waals surface area contributed by atoms with E-state index >= 15 is 0 Å². The van der Waals surface area contributed by atoms with Crippen molar-refractivity contribution in [2.75, 3.05) is 27.3 Å². The van der Waals surface area contributed by atoms with Gasteiger partial charge in [0.2, 0.25) is 11.6 Å². The third-order valence-corrected chi connectivity index (χ3v) is 10.7. The Morgan fingerprint density at radius 2 is 0.899 bits per heavy atom. The van der Waals surface area contributed by atoms with Gasteiger partial charge >= 0.3 is 18.0 Å². The first-order valence-electron chi connectivity index (χ1n) is 22.3. The highest BCUT2D eigenvalue weighted by molar-refractivity contribution is 5.78. The van der Waals surface area contributed by atoms with E-state index in [2.05, 4.69) is 105 Å². The average molecular weight is 927 g/mol. The predicted octanol–water partition coefficient (Wildman–Crippen LogP) is 10.9. The van der Waals surface area contributed by atoms with E-state index in [0.717, 1.165) is 50.1 Å². The number of carbonyl (C=O) groups is 3. The molecule has 2 aromatic heterocycles. The first-order valence-corrected chi connectivity index (χ1v) is 22.3. The molecule has 0 saturated carbocycles. The van der Waals surface area contributed by atoms with Crippen LogP contribution >= 0.6 is 0 Å². The molecule has 0 fully saturated rings. The van der Waals surface area contributed by atoms with Crippen LogP contribution in [0.25, 0.3) is 67.9 Å². The van der Waals surface area contributed by atoms with Crippen LogP contribution in [0, 0.1) is 13.8 Å². The molecule has 0 atom stereocenters. The van der Waals surface area contributed by atoms with Crippen LogP contribution in [-0.2, 0) is 36.9 Å². The minimum atomic E-state index is -0.688. The standard InChI is InChI=1S/C30H31N3O5.C25H23N3O3/c1-20-6-10-22(11-7-20)23-14-16-25(17-15-23)28-31-27(32-38-28)24-12-8-21(9-13-24)18-33(19-26(34)36-5)29(35)37-30(2,3)4;1-17-3-7-19(8-4-17)20-11-13-22(14-12-20)25-27-24(28-31-25)21-9-5-18(6-10-21)15-26-16-23(29)30-2/h6-17H,18-19H2,1-5H3;3-14,26H,15-16H2,1-2H3. The molecule has 2 heterocycles. The second-order valence-electron chi connectivity index (χ2n) is 17.2. The monoisotopic (exact) mass is 926 g/mol. The fourth-order valence-corrected chi connectivity index (χ4v) is 6.88. The van der Waals surface area contributed by atoms with Crippen molar-refractivity contribution in [1.29, 1.82) is 0 Å². The molecule has 0 spiro atoms. The first-order chi connectivity index (χ1) is 33.2. The van der Waals surface area contributed by atoms with Crippen molar-refractivity contribution in [3.8, 4) is 67.9 Å². The molecule has 1 N–H and O–H groups in total. The zero-order valence-corrected chi connectivity index (χ0v) is 39.7. The minimum Gasteiger partial charge on any atom is -0.468 e. The van der Waals surface area contributed by atoms with Gasteiger partial charge in [-0.15, -0.1) is 0 Å². The van der Waals surface area contributed by atoms with E-state index in [9.17, 15) is 14.4 Å². The third-order valence-electron chi connectivity index (χ3n) is 10.7. The Hall–Kier alpha value is -8.23. The van der Waals surface area contributed by atoms with Crippen molar-refractivity contribution in [2.24, 2.45) is 0 Å². The number of hydrogen-bond acceptors (Lipinski definition) is 13. The van der Waals surface area contributed by atoms with Crippen molar-refractivity contribution in [2.45, 2.75) is 53.3 Å². The molecule has 8 rings (SSSR count). The molecule has 0 aliphatic carbocycles. The van der Waals surface area contributed by atoms with E-state index in [-0.39, 0.29) is 25.6 Å². The lowest BCUT2D eigenvalue weighted by Gasteiger charge is -2.26. The summed E-state index contributed by atoms with van der Waals surface area (Å²) in [7, 11) is 2.65. The Balaban J connectivity index is 0.000000208. The highest BCUT2D eigenvalue weighted by Crippen LogP contribution is 2.28. The van der Waals surface area contributed by atoms with Gasteiger partial charge in [0.1, 0.15) is 12.1 Å². The molecular formula is C55H54N6O8. The summed E-state index contributed by atoms with van der Waals surface area (Å²) in [5.41, 5.74) is 11.5. The molecule has 352 valence electrons.